The van der Waals surface area contributed by atoms with Gasteiger partial charge in [0.25, 0.3) is 0 Å². The molecule has 2 aromatic rings. The Kier molecular flexibility index (Phi) is 6.87. The predicted octanol–water partition coefficient (Wildman–Crippen LogP) is 2.92. The molecule has 146 valence electrons. The van der Waals surface area contributed by atoms with Crippen LogP contribution in [0.2, 0.25) is 0 Å². The van der Waals surface area contributed by atoms with Crippen LogP contribution in [0.1, 0.15) is 41.8 Å². The van der Waals surface area contributed by atoms with Gasteiger partial charge >= 0.3 is 0 Å². The fourth-order valence-electron chi connectivity index (χ4n) is 3.40. The molecule has 1 fully saturated rings. The SMILES string of the molecule is Cc1noc(C)c1COc1ccc(CC(=O)NCCC2CCCNC2)cc1. The molecule has 3 rings (SSSR count). The normalized spacial score (nSPS) is 16.9. The van der Waals surface area contributed by atoms with Gasteiger partial charge in [-0.05, 0) is 69.8 Å². The van der Waals surface area contributed by atoms with Gasteiger partial charge in [-0.15, -0.1) is 0 Å². The lowest BCUT2D eigenvalue weighted by Crippen LogP contribution is -2.33. The largest absolute Gasteiger partial charge is 0.489 e. The molecule has 2 heterocycles. The second-order valence-electron chi connectivity index (χ2n) is 7.26. The Morgan fingerprint density at radius 3 is 2.81 bits per heavy atom. The molecule has 1 amide bonds. The van der Waals surface area contributed by atoms with E-state index in [1.165, 1.54) is 12.8 Å². The van der Waals surface area contributed by atoms with Gasteiger partial charge in [0, 0.05) is 6.54 Å². The van der Waals surface area contributed by atoms with Crippen LogP contribution in [-0.4, -0.2) is 30.7 Å². The number of nitrogens with one attached hydrogen (secondary N) is 2. The van der Waals surface area contributed by atoms with Crippen molar-refractivity contribution in [1.29, 1.82) is 0 Å². The number of carbonyl (C=O) groups excluding carboxylic acids is 1. The van der Waals surface area contributed by atoms with E-state index in [4.69, 9.17) is 9.26 Å². The lowest BCUT2D eigenvalue weighted by Gasteiger charge is -2.22. The van der Waals surface area contributed by atoms with Crippen LogP contribution < -0.4 is 15.4 Å². The first-order valence-corrected chi connectivity index (χ1v) is 9.72. The molecule has 1 unspecified atom stereocenters. The molecule has 27 heavy (non-hydrogen) atoms. The van der Waals surface area contributed by atoms with E-state index in [2.05, 4.69) is 15.8 Å². The highest BCUT2D eigenvalue weighted by atomic mass is 16.5. The van der Waals surface area contributed by atoms with Crippen molar-refractivity contribution in [3.63, 3.8) is 0 Å². The molecular weight excluding hydrogens is 342 g/mol. The summed E-state index contributed by atoms with van der Waals surface area (Å²) < 4.78 is 10.9. The standard InChI is InChI=1S/C21H29N3O3/c1-15-20(16(2)27-24-15)14-26-19-7-5-17(6-8-19)12-21(25)23-11-9-18-4-3-10-22-13-18/h5-8,18,22H,3-4,9-14H2,1-2H3,(H,23,25). The topological polar surface area (TPSA) is 76.4 Å². The third-order valence-electron chi connectivity index (χ3n) is 5.13. The predicted molar refractivity (Wildman–Crippen MR) is 104 cm³/mol. The summed E-state index contributed by atoms with van der Waals surface area (Å²) in [6.45, 7) is 7.17. The van der Waals surface area contributed by atoms with Crippen molar-refractivity contribution >= 4 is 5.91 Å². The quantitative estimate of drug-likeness (QED) is 0.746. The van der Waals surface area contributed by atoms with Gasteiger partial charge in [0.2, 0.25) is 5.91 Å². The van der Waals surface area contributed by atoms with Crippen LogP contribution in [0.15, 0.2) is 28.8 Å². The van der Waals surface area contributed by atoms with Crippen molar-refractivity contribution in [3.8, 4) is 5.75 Å². The second kappa shape index (κ2) is 9.55. The zero-order valence-electron chi connectivity index (χ0n) is 16.2. The molecule has 1 aliphatic rings. The number of amides is 1. The molecule has 0 aliphatic carbocycles. The Balaban J connectivity index is 1.39. The molecule has 0 radical (unpaired) electrons. The number of nitrogens with zero attached hydrogens (tertiary/aromatic N) is 1. The minimum Gasteiger partial charge on any atom is -0.489 e. The molecule has 1 aromatic heterocycles. The lowest BCUT2D eigenvalue weighted by molar-refractivity contribution is -0.120. The number of piperidine rings is 1. The van der Waals surface area contributed by atoms with Crippen molar-refractivity contribution in [2.45, 2.75) is 46.1 Å². The van der Waals surface area contributed by atoms with Crippen molar-refractivity contribution in [1.82, 2.24) is 15.8 Å². The highest BCUT2D eigenvalue weighted by molar-refractivity contribution is 5.78. The number of aryl methyl sites for hydroxylation is 2. The monoisotopic (exact) mass is 371 g/mol. The zero-order chi connectivity index (χ0) is 19.1. The van der Waals surface area contributed by atoms with Gasteiger partial charge < -0.3 is 19.9 Å². The number of ether oxygens (including phenoxy) is 1. The smallest absolute Gasteiger partial charge is 0.224 e. The summed E-state index contributed by atoms with van der Waals surface area (Å²) in [6.07, 6.45) is 3.95. The van der Waals surface area contributed by atoms with Gasteiger partial charge in [-0.2, -0.15) is 0 Å². The van der Waals surface area contributed by atoms with E-state index in [0.29, 0.717) is 18.9 Å². The molecule has 1 atom stereocenters. The average molecular weight is 371 g/mol. The van der Waals surface area contributed by atoms with Gasteiger partial charge in [0.05, 0.1) is 17.7 Å². The number of rotatable bonds is 8. The number of hydrogen-bond acceptors (Lipinski definition) is 5. The fourth-order valence-corrected chi connectivity index (χ4v) is 3.40. The molecule has 6 heteroatoms. The minimum absolute atomic E-state index is 0.0724. The number of aromatic nitrogens is 1. The molecule has 1 saturated heterocycles. The zero-order valence-corrected chi connectivity index (χ0v) is 16.2. The van der Waals surface area contributed by atoms with Gasteiger partial charge in [0.1, 0.15) is 18.1 Å². The van der Waals surface area contributed by atoms with Gasteiger partial charge in [-0.25, -0.2) is 0 Å². The third-order valence-corrected chi connectivity index (χ3v) is 5.13. The van der Waals surface area contributed by atoms with E-state index in [1.54, 1.807) is 0 Å². The molecular formula is C21H29N3O3. The molecule has 0 bridgehead atoms. The van der Waals surface area contributed by atoms with E-state index >= 15 is 0 Å². The maximum atomic E-state index is 12.1. The third kappa shape index (κ3) is 5.82. The molecule has 0 saturated carbocycles. The van der Waals surface area contributed by atoms with Crippen LogP contribution in [0.5, 0.6) is 5.75 Å². The summed E-state index contributed by atoms with van der Waals surface area (Å²) in [7, 11) is 0. The first-order valence-electron chi connectivity index (χ1n) is 9.72. The maximum absolute atomic E-state index is 12.1. The van der Waals surface area contributed by atoms with Crippen LogP contribution in [-0.2, 0) is 17.8 Å². The Morgan fingerprint density at radius 2 is 2.15 bits per heavy atom. The van der Waals surface area contributed by atoms with E-state index in [0.717, 1.165) is 54.4 Å². The maximum Gasteiger partial charge on any atom is 0.224 e. The molecule has 6 nitrogen and oxygen atoms in total. The molecule has 1 aromatic carbocycles. The number of hydrogen-bond donors (Lipinski definition) is 2. The second-order valence-corrected chi connectivity index (χ2v) is 7.26. The summed E-state index contributed by atoms with van der Waals surface area (Å²) in [4.78, 5) is 12.1. The van der Waals surface area contributed by atoms with Gasteiger partial charge in [-0.3, -0.25) is 4.79 Å². The first kappa shape index (κ1) is 19.4. The summed E-state index contributed by atoms with van der Waals surface area (Å²) in [6, 6.07) is 7.67. The van der Waals surface area contributed by atoms with Crippen LogP contribution in [0, 0.1) is 19.8 Å². The molecule has 1 aliphatic heterocycles. The first-order chi connectivity index (χ1) is 13.1. The Labute approximate surface area is 160 Å². The Morgan fingerprint density at radius 1 is 1.33 bits per heavy atom. The van der Waals surface area contributed by atoms with Crippen molar-refractivity contribution in [2.24, 2.45) is 5.92 Å². The van der Waals surface area contributed by atoms with Crippen molar-refractivity contribution in [2.75, 3.05) is 19.6 Å². The summed E-state index contributed by atoms with van der Waals surface area (Å²) in [5.41, 5.74) is 2.81. The van der Waals surface area contributed by atoms with Crippen LogP contribution in [0.25, 0.3) is 0 Å². The number of carbonyl (C=O) groups is 1. The summed E-state index contributed by atoms with van der Waals surface area (Å²) in [5, 5.41) is 10.4. The van der Waals surface area contributed by atoms with E-state index in [-0.39, 0.29) is 5.91 Å². The Bertz CT molecular complexity index is 714. The average Bonchev–Trinajstić information content (AvgIpc) is 3.00. The number of benzene rings is 1. The summed E-state index contributed by atoms with van der Waals surface area (Å²) in [5.74, 6) is 2.31. The highest BCUT2D eigenvalue weighted by Crippen LogP contribution is 2.18. The van der Waals surface area contributed by atoms with Gasteiger partial charge in [0.15, 0.2) is 0 Å². The van der Waals surface area contributed by atoms with E-state index in [9.17, 15) is 4.79 Å². The Hall–Kier alpha value is -2.34. The lowest BCUT2D eigenvalue weighted by atomic mass is 9.96. The summed E-state index contributed by atoms with van der Waals surface area (Å²) >= 11 is 0. The van der Waals surface area contributed by atoms with Crippen LogP contribution in [0.3, 0.4) is 0 Å². The van der Waals surface area contributed by atoms with E-state index < -0.39 is 0 Å². The van der Waals surface area contributed by atoms with Crippen molar-refractivity contribution < 1.29 is 14.1 Å². The van der Waals surface area contributed by atoms with E-state index in [1.807, 2.05) is 38.1 Å². The fraction of sp³-hybridized carbons (Fsp3) is 0.524. The van der Waals surface area contributed by atoms with Crippen LogP contribution >= 0.6 is 0 Å². The minimum atomic E-state index is 0.0724. The van der Waals surface area contributed by atoms with Gasteiger partial charge in [-0.1, -0.05) is 17.3 Å². The van der Waals surface area contributed by atoms with Crippen LogP contribution in [0.4, 0.5) is 0 Å². The van der Waals surface area contributed by atoms with Crippen molar-refractivity contribution in [3.05, 3.63) is 46.8 Å². The molecule has 2 N–H and O–H groups in total. The molecule has 0 spiro atoms. The highest BCUT2D eigenvalue weighted by Gasteiger charge is 2.13.